The Hall–Kier alpha value is -3.60. The predicted molar refractivity (Wildman–Crippen MR) is 114 cm³/mol. The minimum atomic E-state index is -0.554. The van der Waals surface area contributed by atoms with Crippen LogP contribution in [0.2, 0.25) is 0 Å². The van der Waals surface area contributed by atoms with Crippen molar-refractivity contribution in [2.24, 2.45) is 0 Å². The second-order valence-corrected chi connectivity index (χ2v) is 6.81. The molecule has 5 heteroatoms. The second-order valence-electron chi connectivity index (χ2n) is 6.81. The molecule has 1 amide bonds. The normalized spacial score (nSPS) is 11.9. The molecule has 1 atom stereocenters. The van der Waals surface area contributed by atoms with Gasteiger partial charge >= 0.3 is 0 Å². The first kappa shape index (κ1) is 18.7. The maximum atomic E-state index is 12.8. The van der Waals surface area contributed by atoms with E-state index in [0.29, 0.717) is 13.0 Å². The average molecular weight is 385 g/mol. The number of hydrogen-bond donors (Lipinski definition) is 1. The number of carbonyl (C=O) groups is 1. The Morgan fingerprint density at radius 1 is 1.07 bits per heavy atom. The summed E-state index contributed by atoms with van der Waals surface area (Å²) in [5.74, 6) is 0.602. The van der Waals surface area contributed by atoms with Crippen LogP contribution in [0.1, 0.15) is 18.9 Å². The molecule has 5 nitrogen and oxygen atoms in total. The van der Waals surface area contributed by atoms with Crippen LogP contribution in [0, 0.1) is 0 Å². The summed E-state index contributed by atoms with van der Waals surface area (Å²) >= 11 is 0. The number of fused-ring (bicyclic) bond motifs is 1. The fourth-order valence-corrected chi connectivity index (χ4v) is 3.38. The Bertz CT molecular complexity index is 1100. The van der Waals surface area contributed by atoms with Crippen molar-refractivity contribution in [2.45, 2.75) is 26.0 Å². The molecule has 0 fully saturated rings. The Kier molecular flexibility index (Phi) is 5.56. The molecular weight excluding hydrogens is 362 g/mol. The first-order chi connectivity index (χ1) is 14.3. The van der Waals surface area contributed by atoms with Crippen LogP contribution in [0.25, 0.3) is 16.5 Å². The molecule has 1 aromatic heterocycles. The third-order valence-electron chi connectivity index (χ3n) is 4.91. The SMILES string of the molecule is CC[C@@H](Oc1cccc2ccccc12)C(=O)NCc1ccccc1-n1ccnc1. The van der Waals surface area contributed by atoms with Crippen LogP contribution in [-0.2, 0) is 11.3 Å². The third-order valence-corrected chi connectivity index (χ3v) is 4.91. The molecule has 0 spiro atoms. The zero-order valence-corrected chi connectivity index (χ0v) is 16.3. The van der Waals surface area contributed by atoms with E-state index in [4.69, 9.17) is 4.74 Å². The van der Waals surface area contributed by atoms with E-state index in [1.54, 1.807) is 12.5 Å². The van der Waals surface area contributed by atoms with Crippen LogP contribution in [0.3, 0.4) is 0 Å². The van der Waals surface area contributed by atoms with Crippen molar-refractivity contribution >= 4 is 16.7 Å². The second kappa shape index (κ2) is 8.61. The van der Waals surface area contributed by atoms with Gasteiger partial charge < -0.3 is 14.6 Å². The molecule has 0 saturated carbocycles. The Labute approximate surface area is 170 Å². The summed E-state index contributed by atoms with van der Waals surface area (Å²) in [5, 5.41) is 5.12. The molecule has 0 unspecified atom stereocenters. The average Bonchev–Trinajstić information content (AvgIpc) is 3.31. The molecule has 146 valence electrons. The monoisotopic (exact) mass is 385 g/mol. The number of amides is 1. The van der Waals surface area contributed by atoms with Gasteiger partial charge in [-0.2, -0.15) is 0 Å². The first-order valence-corrected chi connectivity index (χ1v) is 9.74. The molecule has 4 rings (SSSR count). The van der Waals surface area contributed by atoms with Crippen LogP contribution in [-0.4, -0.2) is 21.6 Å². The minimum Gasteiger partial charge on any atom is -0.480 e. The number of carbonyl (C=O) groups excluding carboxylic acids is 1. The highest BCUT2D eigenvalue weighted by Crippen LogP contribution is 2.26. The number of hydrogen-bond acceptors (Lipinski definition) is 3. The maximum absolute atomic E-state index is 12.8. The third kappa shape index (κ3) is 4.14. The molecule has 0 aliphatic rings. The lowest BCUT2D eigenvalue weighted by Crippen LogP contribution is -2.37. The summed E-state index contributed by atoms with van der Waals surface area (Å²) in [6, 6.07) is 21.9. The number of nitrogens with one attached hydrogen (secondary N) is 1. The largest absolute Gasteiger partial charge is 0.480 e. The highest BCUT2D eigenvalue weighted by atomic mass is 16.5. The molecule has 0 radical (unpaired) electrons. The number of aromatic nitrogens is 2. The molecule has 0 bridgehead atoms. The van der Waals surface area contributed by atoms with Crippen LogP contribution in [0.5, 0.6) is 5.75 Å². The van der Waals surface area contributed by atoms with E-state index in [0.717, 1.165) is 27.8 Å². The van der Waals surface area contributed by atoms with Gasteiger partial charge in [-0.05, 0) is 29.5 Å². The van der Waals surface area contributed by atoms with Gasteiger partial charge in [-0.25, -0.2) is 4.98 Å². The van der Waals surface area contributed by atoms with Crippen molar-refractivity contribution in [1.82, 2.24) is 14.9 Å². The van der Waals surface area contributed by atoms with Crippen molar-refractivity contribution in [3.05, 3.63) is 91.0 Å². The van der Waals surface area contributed by atoms with Gasteiger partial charge in [0.15, 0.2) is 6.10 Å². The van der Waals surface area contributed by atoms with E-state index in [1.165, 1.54) is 0 Å². The highest BCUT2D eigenvalue weighted by Gasteiger charge is 2.19. The zero-order valence-electron chi connectivity index (χ0n) is 16.3. The van der Waals surface area contributed by atoms with Crippen molar-refractivity contribution < 1.29 is 9.53 Å². The lowest BCUT2D eigenvalue weighted by Gasteiger charge is -2.19. The molecule has 1 heterocycles. The molecule has 0 aliphatic carbocycles. The summed E-state index contributed by atoms with van der Waals surface area (Å²) < 4.78 is 8.04. The van der Waals surface area contributed by atoms with Crippen LogP contribution >= 0.6 is 0 Å². The maximum Gasteiger partial charge on any atom is 0.261 e. The van der Waals surface area contributed by atoms with Gasteiger partial charge in [-0.15, -0.1) is 0 Å². The molecule has 4 aromatic rings. The Balaban J connectivity index is 1.48. The van der Waals surface area contributed by atoms with Crippen molar-refractivity contribution in [3.8, 4) is 11.4 Å². The summed E-state index contributed by atoms with van der Waals surface area (Å²) in [5.41, 5.74) is 2.01. The topological polar surface area (TPSA) is 56.1 Å². The number of nitrogens with zero attached hydrogens (tertiary/aromatic N) is 2. The highest BCUT2D eigenvalue weighted by molar-refractivity contribution is 5.89. The van der Waals surface area contributed by atoms with Crippen LogP contribution in [0.15, 0.2) is 85.5 Å². The number of rotatable bonds is 7. The summed E-state index contributed by atoms with van der Waals surface area (Å²) in [4.78, 5) is 16.9. The van der Waals surface area contributed by atoms with Crippen molar-refractivity contribution in [3.63, 3.8) is 0 Å². The minimum absolute atomic E-state index is 0.124. The summed E-state index contributed by atoms with van der Waals surface area (Å²) in [6.07, 6.45) is 5.40. The van der Waals surface area contributed by atoms with E-state index in [-0.39, 0.29) is 5.91 Å². The van der Waals surface area contributed by atoms with Gasteiger partial charge in [-0.3, -0.25) is 4.79 Å². The molecule has 29 heavy (non-hydrogen) atoms. The smallest absolute Gasteiger partial charge is 0.261 e. The van der Waals surface area contributed by atoms with E-state index in [2.05, 4.69) is 10.3 Å². The van der Waals surface area contributed by atoms with Crippen molar-refractivity contribution in [2.75, 3.05) is 0 Å². The standard InChI is InChI=1S/C24H23N3O2/c1-2-22(29-23-13-7-10-18-8-3-5-11-20(18)23)24(28)26-16-19-9-4-6-12-21(19)27-15-14-25-17-27/h3-15,17,22H,2,16H2,1H3,(H,26,28)/t22-/m1/s1. The van der Waals surface area contributed by atoms with Crippen LogP contribution < -0.4 is 10.1 Å². The van der Waals surface area contributed by atoms with E-state index in [9.17, 15) is 4.79 Å². The first-order valence-electron chi connectivity index (χ1n) is 9.74. The molecule has 1 N–H and O–H groups in total. The number of benzene rings is 3. The molecular formula is C24H23N3O2. The Morgan fingerprint density at radius 3 is 2.69 bits per heavy atom. The van der Waals surface area contributed by atoms with Gasteiger partial charge in [0.1, 0.15) is 5.75 Å². The fraction of sp³-hybridized carbons (Fsp3) is 0.167. The van der Waals surface area contributed by atoms with Crippen LogP contribution in [0.4, 0.5) is 0 Å². The summed E-state index contributed by atoms with van der Waals surface area (Å²) in [6.45, 7) is 2.37. The lowest BCUT2D eigenvalue weighted by atomic mass is 10.1. The van der Waals surface area contributed by atoms with E-state index >= 15 is 0 Å². The lowest BCUT2D eigenvalue weighted by molar-refractivity contribution is -0.128. The van der Waals surface area contributed by atoms with Gasteiger partial charge in [0, 0.05) is 24.3 Å². The van der Waals surface area contributed by atoms with Gasteiger partial charge in [0.25, 0.3) is 5.91 Å². The number of imidazole rings is 1. The predicted octanol–water partition coefficient (Wildman–Crippen LogP) is 4.50. The van der Waals surface area contributed by atoms with Gasteiger partial charge in [0.2, 0.25) is 0 Å². The van der Waals surface area contributed by atoms with E-state index < -0.39 is 6.10 Å². The molecule has 3 aromatic carbocycles. The van der Waals surface area contributed by atoms with Gasteiger partial charge in [-0.1, -0.05) is 61.5 Å². The zero-order chi connectivity index (χ0) is 20.1. The molecule has 0 aliphatic heterocycles. The van der Waals surface area contributed by atoms with Crippen molar-refractivity contribution in [1.29, 1.82) is 0 Å². The number of para-hydroxylation sites is 1. The fourth-order valence-electron chi connectivity index (χ4n) is 3.38. The Morgan fingerprint density at radius 2 is 1.86 bits per heavy atom. The number of ether oxygens (including phenoxy) is 1. The van der Waals surface area contributed by atoms with E-state index in [1.807, 2.05) is 84.4 Å². The summed E-state index contributed by atoms with van der Waals surface area (Å²) in [7, 11) is 0. The molecule has 0 saturated heterocycles. The van der Waals surface area contributed by atoms with Gasteiger partial charge in [0.05, 0.1) is 12.0 Å². The quantitative estimate of drug-likeness (QED) is 0.510.